The molecule has 1 aliphatic rings. The Balaban J connectivity index is 2.31. The number of carboxylic acids is 1. The number of hydrogen-bond acceptors (Lipinski definition) is 1. The van der Waals surface area contributed by atoms with E-state index in [2.05, 4.69) is 22.6 Å². The van der Waals surface area contributed by atoms with Crippen LogP contribution in [0.5, 0.6) is 0 Å². The van der Waals surface area contributed by atoms with E-state index in [1.165, 1.54) is 0 Å². The van der Waals surface area contributed by atoms with E-state index in [1.807, 2.05) is 0 Å². The first-order valence-corrected chi connectivity index (χ1v) is 5.78. The van der Waals surface area contributed by atoms with Crippen molar-refractivity contribution in [3.8, 4) is 0 Å². The standard InChI is InChI=1S/C10H7ClFIO2/c11-8-3-5(13)1-2-6(8)7-4-10(7,12)9(14)15/h1-3,7H,4H2,(H,14,15)/t7-,10-/m1/s1. The molecular formula is C10H7ClFIO2. The molecule has 1 aromatic carbocycles. The topological polar surface area (TPSA) is 37.3 Å². The molecule has 2 atom stereocenters. The van der Waals surface area contributed by atoms with Crippen molar-refractivity contribution >= 4 is 40.2 Å². The van der Waals surface area contributed by atoms with Crippen molar-refractivity contribution in [1.82, 2.24) is 0 Å². The second kappa shape index (κ2) is 3.59. The Hall–Kier alpha value is -0.360. The molecule has 0 heterocycles. The van der Waals surface area contributed by atoms with Gasteiger partial charge >= 0.3 is 5.97 Å². The minimum Gasteiger partial charge on any atom is -0.479 e. The largest absolute Gasteiger partial charge is 0.479 e. The van der Waals surface area contributed by atoms with Gasteiger partial charge in [-0.3, -0.25) is 0 Å². The van der Waals surface area contributed by atoms with Crippen LogP contribution in [0.4, 0.5) is 4.39 Å². The second-order valence-corrected chi connectivity index (χ2v) is 5.24. The van der Waals surface area contributed by atoms with E-state index in [9.17, 15) is 9.18 Å². The summed E-state index contributed by atoms with van der Waals surface area (Å²) in [4.78, 5) is 10.6. The van der Waals surface area contributed by atoms with Gasteiger partial charge in [0.1, 0.15) is 0 Å². The third-order valence-electron chi connectivity index (χ3n) is 2.59. The molecule has 1 fully saturated rings. The maximum atomic E-state index is 13.6. The van der Waals surface area contributed by atoms with Gasteiger partial charge in [-0.1, -0.05) is 17.7 Å². The predicted molar refractivity (Wildman–Crippen MR) is 63.0 cm³/mol. The molecule has 1 N–H and O–H groups in total. The summed E-state index contributed by atoms with van der Waals surface area (Å²) in [6.45, 7) is 0. The highest BCUT2D eigenvalue weighted by atomic mass is 127. The number of halogens is 3. The molecule has 0 aliphatic heterocycles. The van der Waals surface area contributed by atoms with Gasteiger partial charge in [-0.2, -0.15) is 0 Å². The first kappa shape index (κ1) is 11.1. The Kier molecular flexibility index (Phi) is 2.66. The normalized spacial score (nSPS) is 28.9. The highest BCUT2D eigenvalue weighted by Crippen LogP contribution is 2.56. The van der Waals surface area contributed by atoms with Crippen LogP contribution in [0, 0.1) is 3.57 Å². The minimum atomic E-state index is -2.11. The van der Waals surface area contributed by atoms with Gasteiger partial charge in [-0.05, 0) is 40.3 Å². The van der Waals surface area contributed by atoms with E-state index in [4.69, 9.17) is 16.7 Å². The van der Waals surface area contributed by atoms with E-state index in [1.54, 1.807) is 18.2 Å². The van der Waals surface area contributed by atoms with E-state index in [0.29, 0.717) is 10.6 Å². The molecule has 1 aliphatic carbocycles. The van der Waals surface area contributed by atoms with Gasteiger partial charge in [0.25, 0.3) is 0 Å². The van der Waals surface area contributed by atoms with E-state index < -0.39 is 17.6 Å². The zero-order chi connectivity index (χ0) is 11.2. The molecule has 5 heteroatoms. The molecule has 0 unspecified atom stereocenters. The van der Waals surface area contributed by atoms with Crippen molar-refractivity contribution in [2.24, 2.45) is 0 Å². The van der Waals surface area contributed by atoms with Crippen LogP contribution in [0.3, 0.4) is 0 Å². The molecule has 0 amide bonds. The zero-order valence-electron chi connectivity index (χ0n) is 7.51. The molecule has 15 heavy (non-hydrogen) atoms. The second-order valence-electron chi connectivity index (χ2n) is 3.59. The molecule has 0 radical (unpaired) electrons. The highest BCUT2D eigenvalue weighted by Gasteiger charge is 2.63. The van der Waals surface area contributed by atoms with Crippen LogP contribution < -0.4 is 0 Å². The van der Waals surface area contributed by atoms with Crippen LogP contribution in [0.25, 0.3) is 0 Å². The monoisotopic (exact) mass is 340 g/mol. The Morgan fingerprint density at radius 2 is 2.33 bits per heavy atom. The van der Waals surface area contributed by atoms with Crippen molar-refractivity contribution in [3.05, 3.63) is 32.4 Å². The lowest BCUT2D eigenvalue weighted by molar-refractivity contribution is -0.144. The fourth-order valence-corrected chi connectivity index (χ4v) is 2.60. The maximum Gasteiger partial charge on any atom is 0.342 e. The Morgan fingerprint density at radius 1 is 1.67 bits per heavy atom. The summed E-state index contributed by atoms with van der Waals surface area (Å²) < 4.78 is 14.5. The number of alkyl halides is 1. The molecule has 80 valence electrons. The molecule has 2 rings (SSSR count). The third kappa shape index (κ3) is 1.85. The molecule has 0 aromatic heterocycles. The van der Waals surface area contributed by atoms with Gasteiger partial charge in [-0.25, -0.2) is 9.18 Å². The van der Waals surface area contributed by atoms with Gasteiger partial charge in [-0.15, -0.1) is 0 Å². The summed E-state index contributed by atoms with van der Waals surface area (Å²) in [6, 6.07) is 5.19. The lowest BCUT2D eigenvalue weighted by Gasteiger charge is -2.05. The summed E-state index contributed by atoms with van der Waals surface area (Å²) in [6.07, 6.45) is 0.0165. The van der Waals surface area contributed by atoms with Crippen LogP contribution in [0.1, 0.15) is 17.9 Å². The Morgan fingerprint density at radius 3 is 2.80 bits per heavy atom. The van der Waals surface area contributed by atoms with Crippen molar-refractivity contribution in [2.45, 2.75) is 18.0 Å². The van der Waals surface area contributed by atoms with Gasteiger partial charge in [0.05, 0.1) is 0 Å². The van der Waals surface area contributed by atoms with Crippen LogP contribution in [0.2, 0.25) is 5.02 Å². The fourth-order valence-electron chi connectivity index (χ4n) is 1.62. The number of rotatable bonds is 2. The first-order valence-electron chi connectivity index (χ1n) is 4.32. The Labute approximate surface area is 105 Å². The molecule has 0 saturated heterocycles. The van der Waals surface area contributed by atoms with Crippen LogP contribution in [-0.2, 0) is 4.79 Å². The molecule has 1 aromatic rings. The van der Waals surface area contributed by atoms with E-state index >= 15 is 0 Å². The summed E-state index contributed by atoms with van der Waals surface area (Å²) >= 11 is 8.03. The summed E-state index contributed by atoms with van der Waals surface area (Å²) in [7, 11) is 0. The van der Waals surface area contributed by atoms with Gasteiger partial charge in [0.2, 0.25) is 5.67 Å². The predicted octanol–water partition coefficient (Wildman–Crippen LogP) is 3.22. The molecule has 0 spiro atoms. The summed E-state index contributed by atoms with van der Waals surface area (Å²) in [5.41, 5.74) is -1.53. The summed E-state index contributed by atoms with van der Waals surface area (Å²) in [5, 5.41) is 9.11. The van der Waals surface area contributed by atoms with Gasteiger partial charge in [0, 0.05) is 20.9 Å². The lowest BCUT2D eigenvalue weighted by Crippen LogP contribution is -2.18. The van der Waals surface area contributed by atoms with Crippen molar-refractivity contribution in [2.75, 3.05) is 0 Å². The summed E-state index contributed by atoms with van der Waals surface area (Å²) in [5.74, 6) is -2.00. The van der Waals surface area contributed by atoms with Crippen LogP contribution in [-0.4, -0.2) is 16.7 Å². The van der Waals surface area contributed by atoms with E-state index in [-0.39, 0.29) is 6.42 Å². The molecule has 0 bridgehead atoms. The third-order valence-corrected chi connectivity index (χ3v) is 3.59. The van der Waals surface area contributed by atoms with Crippen molar-refractivity contribution in [3.63, 3.8) is 0 Å². The van der Waals surface area contributed by atoms with Crippen LogP contribution >= 0.6 is 34.2 Å². The average molecular weight is 341 g/mol. The number of hydrogen-bond donors (Lipinski definition) is 1. The minimum absolute atomic E-state index is 0.0165. The SMILES string of the molecule is O=C(O)[C@@]1(F)C[C@@H]1c1ccc(I)cc1Cl. The van der Waals surface area contributed by atoms with E-state index in [0.717, 1.165) is 3.57 Å². The van der Waals surface area contributed by atoms with Crippen molar-refractivity contribution in [1.29, 1.82) is 0 Å². The number of carboxylic acid groups (broad SMARTS) is 1. The average Bonchev–Trinajstić information content (AvgIpc) is 2.79. The first-order chi connectivity index (χ1) is 6.95. The molecule has 2 nitrogen and oxygen atoms in total. The number of carbonyl (C=O) groups is 1. The molecular weight excluding hydrogens is 333 g/mol. The van der Waals surface area contributed by atoms with Gasteiger partial charge < -0.3 is 5.11 Å². The quantitative estimate of drug-likeness (QED) is 0.839. The fraction of sp³-hybridized carbons (Fsp3) is 0.300. The van der Waals surface area contributed by atoms with Crippen LogP contribution in [0.15, 0.2) is 18.2 Å². The lowest BCUT2D eigenvalue weighted by atomic mass is 10.1. The number of benzene rings is 1. The highest BCUT2D eigenvalue weighted by molar-refractivity contribution is 14.1. The molecule has 1 saturated carbocycles. The Bertz CT molecular complexity index is 437. The van der Waals surface area contributed by atoms with Crippen molar-refractivity contribution < 1.29 is 14.3 Å². The number of aliphatic carboxylic acids is 1. The zero-order valence-corrected chi connectivity index (χ0v) is 10.4. The van der Waals surface area contributed by atoms with Gasteiger partial charge in [0.15, 0.2) is 0 Å². The maximum absolute atomic E-state index is 13.6. The smallest absolute Gasteiger partial charge is 0.342 e.